The van der Waals surface area contributed by atoms with Crippen LogP contribution in [0.15, 0.2) is 73.1 Å². The zero-order valence-electron chi connectivity index (χ0n) is 16.5. The summed E-state index contributed by atoms with van der Waals surface area (Å²) in [7, 11) is 0. The van der Waals surface area contributed by atoms with Crippen LogP contribution >= 0.6 is 71.0 Å². The second-order valence-electron chi connectivity index (χ2n) is 6.49. The van der Waals surface area contributed by atoms with Gasteiger partial charge in [0.15, 0.2) is 6.61 Å². The topological polar surface area (TPSA) is 79.8 Å². The average molecular weight is 679 g/mol. The first-order valence-corrected chi connectivity index (χ1v) is 12.3. The lowest BCUT2D eigenvalue weighted by Gasteiger charge is -2.12. The van der Waals surface area contributed by atoms with Gasteiger partial charge in [-0.3, -0.25) is 9.59 Å². The third kappa shape index (κ3) is 7.55. The normalized spacial score (nSPS) is 10.8. The lowest BCUT2D eigenvalue weighted by Crippen LogP contribution is -2.20. The fourth-order valence-electron chi connectivity index (χ4n) is 2.53. The van der Waals surface area contributed by atoms with Crippen molar-refractivity contribution in [1.82, 2.24) is 5.43 Å². The number of amides is 2. The van der Waals surface area contributed by atoms with Gasteiger partial charge in [0.1, 0.15) is 5.75 Å². The fourth-order valence-corrected chi connectivity index (χ4v) is 4.55. The Morgan fingerprint density at radius 1 is 0.939 bits per heavy atom. The number of anilines is 1. The molecule has 0 heterocycles. The van der Waals surface area contributed by atoms with E-state index in [-0.39, 0.29) is 18.4 Å². The van der Waals surface area contributed by atoms with Crippen molar-refractivity contribution in [3.63, 3.8) is 0 Å². The van der Waals surface area contributed by atoms with Crippen LogP contribution < -0.4 is 15.5 Å². The van der Waals surface area contributed by atoms with Crippen molar-refractivity contribution in [2.75, 3.05) is 11.9 Å². The third-order valence-corrected chi connectivity index (χ3v) is 6.50. The number of carbonyl (C=O) groups is 2. The van der Waals surface area contributed by atoms with Gasteiger partial charge in [-0.1, -0.05) is 39.1 Å². The molecule has 0 bridgehead atoms. The molecule has 0 aliphatic rings. The number of hydrogen-bond acceptors (Lipinski definition) is 4. The van der Waals surface area contributed by atoms with E-state index in [1.807, 2.05) is 0 Å². The summed E-state index contributed by atoms with van der Waals surface area (Å²) in [4.78, 5) is 24.3. The lowest BCUT2D eigenvalue weighted by atomic mass is 10.2. The van der Waals surface area contributed by atoms with Gasteiger partial charge < -0.3 is 10.1 Å². The minimum atomic E-state index is -0.367. The second kappa shape index (κ2) is 12.0. The molecule has 0 saturated heterocycles. The molecule has 11 heteroatoms. The van der Waals surface area contributed by atoms with Crippen LogP contribution in [0, 0.1) is 0 Å². The molecule has 0 aromatic heterocycles. The molecule has 2 amide bonds. The predicted octanol–water partition coefficient (Wildman–Crippen LogP) is 7.06. The number of ether oxygens (including phenoxy) is 1. The highest BCUT2D eigenvalue weighted by Crippen LogP contribution is 2.34. The van der Waals surface area contributed by atoms with Gasteiger partial charge in [-0.15, -0.1) is 0 Å². The molecular weight excluding hydrogens is 665 g/mol. The number of rotatable bonds is 7. The maximum atomic E-state index is 12.2. The number of hydrazone groups is 1. The monoisotopic (exact) mass is 675 g/mol. The number of halogens is 5. The molecule has 33 heavy (non-hydrogen) atoms. The number of nitrogens with one attached hydrogen (secondary N) is 2. The van der Waals surface area contributed by atoms with Gasteiger partial charge in [-0.05, 0) is 92.0 Å². The zero-order chi connectivity index (χ0) is 24.0. The van der Waals surface area contributed by atoms with E-state index in [1.165, 1.54) is 6.21 Å². The van der Waals surface area contributed by atoms with E-state index in [9.17, 15) is 9.59 Å². The van der Waals surface area contributed by atoms with Crippen molar-refractivity contribution >= 4 is 94.7 Å². The molecule has 0 aliphatic carbocycles. The van der Waals surface area contributed by atoms with Crippen LogP contribution in [-0.2, 0) is 4.79 Å². The molecule has 0 spiro atoms. The Morgan fingerprint density at radius 2 is 1.61 bits per heavy atom. The third-order valence-electron chi connectivity index (χ3n) is 4.06. The van der Waals surface area contributed by atoms with Crippen molar-refractivity contribution in [3.8, 4) is 5.75 Å². The summed E-state index contributed by atoms with van der Waals surface area (Å²) in [6.45, 7) is -0.228. The highest BCUT2D eigenvalue weighted by atomic mass is 79.9. The van der Waals surface area contributed by atoms with Gasteiger partial charge >= 0.3 is 0 Å². The Balaban J connectivity index is 1.58. The highest BCUT2D eigenvalue weighted by Gasteiger charge is 2.12. The molecular formula is C22H14Br3Cl2N3O3. The highest BCUT2D eigenvalue weighted by molar-refractivity contribution is 9.11. The fraction of sp³-hybridized carbons (Fsp3) is 0.0455. The Morgan fingerprint density at radius 3 is 2.24 bits per heavy atom. The minimum absolute atomic E-state index is 0.228. The molecule has 0 unspecified atom stereocenters. The van der Waals surface area contributed by atoms with Crippen LogP contribution in [0.3, 0.4) is 0 Å². The Hall–Kier alpha value is -1.91. The molecule has 170 valence electrons. The molecule has 2 N–H and O–H groups in total. The summed E-state index contributed by atoms with van der Waals surface area (Å²) < 4.78 is 7.71. The first kappa shape index (κ1) is 25.7. The first-order chi connectivity index (χ1) is 15.7. The molecule has 3 aromatic carbocycles. The smallest absolute Gasteiger partial charge is 0.271 e. The van der Waals surface area contributed by atoms with Crippen molar-refractivity contribution < 1.29 is 14.3 Å². The summed E-state index contributed by atoms with van der Waals surface area (Å²) in [5.74, 6) is -0.256. The van der Waals surface area contributed by atoms with Crippen molar-refractivity contribution in [2.45, 2.75) is 0 Å². The van der Waals surface area contributed by atoms with Crippen LogP contribution in [0.1, 0.15) is 15.9 Å². The minimum Gasteiger partial charge on any atom is -0.481 e. The molecule has 0 aliphatic heterocycles. The van der Waals surface area contributed by atoms with Crippen LogP contribution in [0.25, 0.3) is 0 Å². The summed E-state index contributed by atoms with van der Waals surface area (Å²) >= 11 is 22.0. The van der Waals surface area contributed by atoms with Crippen LogP contribution in [0.4, 0.5) is 5.69 Å². The summed E-state index contributed by atoms with van der Waals surface area (Å²) in [5, 5.41) is 7.40. The van der Waals surface area contributed by atoms with Gasteiger partial charge in [0.25, 0.3) is 11.8 Å². The van der Waals surface area contributed by atoms with Crippen molar-refractivity contribution in [2.24, 2.45) is 5.10 Å². The van der Waals surface area contributed by atoms with Gasteiger partial charge in [0.05, 0.1) is 25.2 Å². The Labute approximate surface area is 225 Å². The summed E-state index contributed by atoms with van der Waals surface area (Å²) in [6.07, 6.45) is 1.49. The SMILES string of the molecule is O=C(COc1c(Br)cc(/C=N/NC(=O)c2ccc(Br)cc2)cc1Br)Nc1ccc(Cl)c(Cl)c1. The van der Waals surface area contributed by atoms with Gasteiger partial charge in [-0.25, -0.2) is 5.43 Å². The second-order valence-corrected chi connectivity index (χ2v) is 9.92. The zero-order valence-corrected chi connectivity index (χ0v) is 22.8. The van der Waals surface area contributed by atoms with E-state index in [2.05, 4.69) is 63.6 Å². The number of nitrogens with zero attached hydrogens (tertiary/aromatic N) is 1. The maximum absolute atomic E-state index is 12.2. The predicted molar refractivity (Wildman–Crippen MR) is 142 cm³/mol. The first-order valence-electron chi connectivity index (χ1n) is 9.18. The van der Waals surface area contributed by atoms with E-state index in [4.69, 9.17) is 27.9 Å². The molecule has 0 atom stereocenters. The van der Waals surface area contributed by atoms with Crippen LogP contribution in [-0.4, -0.2) is 24.6 Å². The van der Waals surface area contributed by atoms with E-state index in [0.29, 0.717) is 41.6 Å². The van der Waals surface area contributed by atoms with Crippen LogP contribution in [0.2, 0.25) is 10.0 Å². The van der Waals surface area contributed by atoms with Crippen LogP contribution in [0.5, 0.6) is 5.75 Å². The van der Waals surface area contributed by atoms with E-state index in [0.717, 1.165) is 4.47 Å². The number of carbonyl (C=O) groups excluding carboxylic acids is 2. The van der Waals surface area contributed by atoms with Crippen molar-refractivity contribution in [1.29, 1.82) is 0 Å². The van der Waals surface area contributed by atoms with Gasteiger partial charge in [-0.2, -0.15) is 5.10 Å². The van der Waals surface area contributed by atoms with Crippen molar-refractivity contribution in [3.05, 3.63) is 89.2 Å². The standard InChI is InChI=1S/C22H14Br3Cl2N3O3/c23-14-3-1-13(2-4-14)22(32)30-28-10-12-7-16(24)21(17(25)8-12)33-11-20(31)29-15-5-6-18(26)19(27)9-15/h1-10H,11H2,(H,29,31)(H,30,32)/b28-10+. The molecule has 0 saturated carbocycles. The number of benzene rings is 3. The average Bonchev–Trinajstić information content (AvgIpc) is 2.76. The number of hydrogen-bond donors (Lipinski definition) is 2. The summed E-state index contributed by atoms with van der Waals surface area (Å²) in [6, 6.07) is 15.2. The van der Waals surface area contributed by atoms with Gasteiger partial charge in [0.2, 0.25) is 0 Å². The Kier molecular flexibility index (Phi) is 9.34. The van der Waals surface area contributed by atoms with E-state index >= 15 is 0 Å². The molecule has 0 radical (unpaired) electrons. The Bertz CT molecular complexity index is 1200. The maximum Gasteiger partial charge on any atom is 0.271 e. The van der Waals surface area contributed by atoms with E-state index in [1.54, 1.807) is 54.6 Å². The molecule has 0 fully saturated rings. The van der Waals surface area contributed by atoms with E-state index < -0.39 is 0 Å². The molecule has 3 aromatic rings. The largest absolute Gasteiger partial charge is 0.481 e. The lowest BCUT2D eigenvalue weighted by molar-refractivity contribution is -0.118. The molecule has 6 nitrogen and oxygen atoms in total. The summed E-state index contributed by atoms with van der Waals surface area (Å²) in [5.41, 5.74) is 4.16. The quantitative estimate of drug-likeness (QED) is 0.208. The van der Waals surface area contributed by atoms with Gasteiger partial charge in [0, 0.05) is 15.7 Å². The molecule has 3 rings (SSSR count).